The number of rotatable bonds is 7. The predicted octanol–water partition coefficient (Wildman–Crippen LogP) is 5.56. The van der Waals surface area contributed by atoms with Crippen molar-refractivity contribution in [3.63, 3.8) is 0 Å². The summed E-state index contributed by atoms with van der Waals surface area (Å²) in [5.41, 5.74) is 0.645. The molecule has 0 heterocycles. The monoisotopic (exact) mass is 348 g/mol. The largest absolute Gasteiger partial charge is 0.493 e. The van der Waals surface area contributed by atoms with Gasteiger partial charge in [0.1, 0.15) is 5.75 Å². The molecule has 0 saturated carbocycles. The number of nitrogens with one attached hydrogen (secondary N) is 1. The van der Waals surface area contributed by atoms with Crippen molar-refractivity contribution in [2.45, 2.75) is 32.0 Å². The summed E-state index contributed by atoms with van der Waals surface area (Å²) >= 11 is 0. The summed E-state index contributed by atoms with van der Waals surface area (Å²) in [6, 6.07) is 14.3. The molecule has 0 saturated heterocycles. The van der Waals surface area contributed by atoms with Crippen LogP contribution < -0.4 is 10.1 Å². The molecule has 0 spiro atoms. The summed E-state index contributed by atoms with van der Waals surface area (Å²) in [5, 5.41) is 11.7. The standard InChI is InChI=1S/C19H19F3N2O/c1-14(15-6-4-7-16(12-15)19(20,21)22)24-17-8-5-9-18(13-17)25-11-3-2-10-23/h4-9,12-14,24H,2-3,11H2,1H3. The van der Waals surface area contributed by atoms with Crippen LogP contribution in [0.25, 0.3) is 0 Å². The van der Waals surface area contributed by atoms with Crippen molar-refractivity contribution < 1.29 is 17.9 Å². The molecule has 25 heavy (non-hydrogen) atoms. The van der Waals surface area contributed by atoms with E-state index in [1.165, 1.54) is 6.07 Å². The molecule has 3 nitrogen and oxygen atoms in total. The first kappa shape index (κ1) is 18.7. The van der Waals surface area contributed by atoms with E-state index in [0.717, 1.165) is 17.8 Å². The minimum atomic E-state index is -4.35. The Bertz CT molecular complexity index is 738. The fourth-order valence-corrected chi connectivity index (χ4v) is 2.33. The first-order valence-electron chi connectivity index (χ1n) is 7.93. The van der Waals surface area contributed by atoms with E-state index in [-0.39, 0.29) is 6.04 Å². The Morgan fingerprint density at radius 3 is 2.64 bits per heavy atom. The zero-order chi connectivity index (χ0) is 18.3. The van der Waals surface area contributed by atoms with Crippen molar-refractivity contribution in [2.75, 3.05) is 11.9 Å². The van der Waals surface area contributed by atoms with Crippen molar-refractivity contribution in [3.8, 4) is 11.8 Å². The number of unbranched alkanes of at least 4 members (excludes halogenated alkanes) is 1. The van der Waals surface area contributed by atoms with E-state index in [0.29, 0.717) is 30.8 Å². The lowest BCUT2D eigenvalue weighted by molar-refractivity contribution is -0.137. The summed E-state index contributed by atoms with van der Waals surface area (Å²) in [7, 11) is 0. The highest BCUT2D eigenvalue weighted by Crippen LogP contribution is 2.31. The van der Waals surface area contributed by atoms with E-state index in [1.807, 2.05) is 6.07 Å². The van der Waals surface area contributed by atoms with Gasteiger partial charge >= 0.3 is 6.18 Å². The minimum Gasteiger partial charge on any atom is -0.493 e. The third kappa shape index (κ3) is 5.71. The molecule has 6 heteroatoms. The van der Waals surface area contributed by atoms with Gasteiger partial charge in [-0.15, -0.1) is 0 Å². The summed E-state index contributed by atoms with van der Waals surface area (Å²) in [4.78, 5) is 0. The molecule has 2 rings (SSSR count). The van der Waals surface area contributed by atoms with Gasteiger partial charge in [-0.05, 0) is 43.2 Å². The van der Waals surface area contributed by atoms with Gasteiger partial charge in [0, 0.05) is 24.2 Å². The van der Waals surface area contributed by atoms with Crippen LogP contribution in [-0.2, 0) is 6.18 Å². The number of hydrogen-bond donors (Lipinski definition) is 1. The lowest BCUT2D eigenvalue weighted by Crippen LogP contribution is -2.10. The highest BCUT2D eigenvalue weighted by Gasteiger charge is 2.30. The SMILES string of the molecule is CC(Nc1cccc(OCCCC#N)c1)c1cccc(C(F)(F)F)c1. The Kier molecular flexibility index (Phi) is 6.29. The van der Waals surface area contributed by atoms with Crippen LogP contribution >= 0.6 is 0 Å². The van der Waals surface area contributed by atoms with Gasteiger partial charge in [-0.2, -0.15) is 18.4 Å². The Balaban J connectivity index is 2.03. The minimum absolute atomic E-state index is 0.295. The Morgan fingerprint density at radius 1 is 1.16 bits per heavy atom. The highest BCUT2D eigenvalue weighted by molar-refractivity contribution is 5.50. The van der Waals surface area contributed by atoms with Gasteiger partial charge < -0.3 is 10.1 Å². The van der Waals surface area contributed by atoms with Crippen molar-refractivity contribution >= 4 is 5.69 Å². The molecule has 132 valence electrons. The second-order valence-electron chi connectivity index (χ2n) is 5.63. The van der Waals surface area contributed by atoms with Gasteiger partial charge in [0.25, 0.3) is 0 Å². The lowest BCUT2D eigenvalue weighted by Gasteiger charge is -2.18. The fourth-order valence-electron chi connectivity index (χ4n) is 2.33. The highest BCUT2D eigenvalue weighted by atomic mass is 19.4. The zero-order valence-corrected chi connectivity index (χ0v) is 13.8. The zero-order valence-electron chi connectivity index (χ0n) is 13.8. The van der Waals surface area contributed by atoms with Crippen molar-refractivity contribution in [1.29, 1.82) is 5.26 Å². The number of anilines is 1. The van der Waals surface area contributed by atoms with Crippen LogP contribution in [0.5, 0.6) is 5.75 Å². The number of alkyl halides is 3. The molecular weight excluding hydrogens is 329 g/mol. The molecule has 0 aliphatic carbocycles. The average molecular weight is 348 g/mol. The fraction of sp³-hybridized carbons (Fsp3) is 0.316. The van der Waals surface area contributed by atoms with E-state index >= 15 is 0 Å². The van der Waals surface area contributed by atoms with Gasteiger partial charge in [0.15, 0.2) is 0 Å². The van der Waals surface area contributed by atoms with Crippen LogP contribution in [0.4, 0.5) is 18.9 Å². The first-order chi connectivity index (χ1) is 11.9. The van der Waals surface area contributed by atoms with Crippen LogP contribution in [0.2, 0.25) is 0 Å². The molecule has 1 N–H and O–H groups in total. The second kappa shape index (κ2) is 8.43. The second-order valence-corrected chi connectivity index (χ2v) is 5.63. The maximum absolute atomic E-state index is 12.8. The molecule has 0 aliphatic rings. The van der Waals surface area contributed by atoms with Crippen LogP contribution in [0.15, 0.2) is 48.5 Å². The van der Waals surface area contributed by atoms with Gasteiger partial charge in [0.05, 0.1) is 18.2 Å². The number of hydrogen-bond acceptors (Lipinski definition) is 3. The van der Waals surface area contributed by atoms with Crippen LogP contribution in [0.3, 0.4) is 0 Å². The number of nitriles is 1. The molecule has 0 aliphatic heterocycles. The number of ether oxygens (including phenoxy) is 1. The van der Waals surface area contributed by atoms with Crippen LogP contribution in [-0.4, -0.2) is 6.61 Å². The van der Waals surface area contributed by atoms with Crippen molar-refractivity contribution in [1.82, 2.24) is 0 Å². The van der Waals surface area contributed by atoms with Crippen molar-refractivity contribution in [3.05, 3.63) is 59.7 Å². The smallest absolute Gasteiger partial charge is 0.416 e. The molecule has 0 bridgehead atoms. The number of benzene rings is 2. The molecule has 0 aromatic heterocycles. The van der Waals surface area contributed by atoms with Gasteiger partial charge in [-0.3, -0.25) is 0 Å². The normalized spacial score (nSPS) is 12.3. The summed E-state index contributed by atoms with van der Waals surface area (Å²) in [6.07, 6.45) is -3.27. The number of nitrogens with zero attached hydrogens (tertiary/aromatic N) is 1. The van der Waals surface area contributed by atoms with Crippen LogP contribution in [0, 0.1) is 11.3 Å². The van der Waals surface area contributed by atoms with Gasteiger partial charge in [-0.1, -0.05) is 18.2 Å². The molecule has 0 radical (unpaired) electrons. The summed E-state index contributed by atoms with van der Waals surface area (Å²) < 4.78 is 44.0. The number of halogens is 3. The molecule has 1 atom stereocenters. The Morgan fingerprint density at radius 2 is 1.92 bits per heavy atom. The quantitative estimate of drug-likeness (QED) is 0.666. The third-order valence-corrected chi connectivity index (χ3v) is 3.63. The molecule has 1 unspecified atom stereocenters. The van der Waals surface area contributed by atoms with E-state index < -0.39 is 11.7 Å². The maximum Gasteiger partial charge on any atom is 0.416 e. The van der Waals surface area contributed by atoms with E-state index in [4.69, 9.17) is 10.00 Å². The predicted molar refractivity (Wildman–Crippen MR) is 90.3 cm³/mol. The first-order valence-corrected chi connectivity index (χ1v) is 7.93. The topological polar surface area (TPSA) is 45.0 Å². The lowest BCUT2D eigenvalue weighted by atomic mass is 10.0. The Hall–Kier alpha value is -2.68. The summed E-state index contributed by atoms with van der Waals surface area (Å²) in [5.74, 6) is 0.652. The van der Waals surface area contributed by atoms with Crippen molar-refractivity contribution in [2.24, 2.45) is 0 Å². The van der Waals surface area contributed by atoms with Crippen LogP contribution in [0.1, 0.15) is 36.9 Å². The average Bonchev–Trinajstić information content (AvgIpc) is 2.58. The third-order valence-electron chi connectivity index (χ3n) is 3.63. The van der Waals surface area contributed by atoms with Gasteiger partial charge in [0.2, 0.25) is 0 Å². The maximum atomic E-state index is 12.8. The van der Waals surface area contributed by atoms with Gasteiger partial charge in [-0.25, -0.2) is 0 Å². The Labute approximate surface area is 145 Å². The van der Waals surface area contributed by atoms with E-state index in [1.54, 1.807) is 31.2 Å². The molecule has 0 amide bonds. The summed E-state index contributed by atoms with van der Waals surface area (Å²) in [6.45, 7) is 2.25. The van der Waals surface area contributed by atoms with E-state index in [2.05, 4.69) is 11.4 Å². The van der Waals surface area contributed by atoms with E-state index in [9.17, 15) is 13.2 Å². The molecular formula is C19H19F3N2O. The molecule has 2 aromatic carbocycles. The molecule has 2 aromatic rings. The molecule has 0 fully saturated rings.